The molecule has 0 aliphatic heterocycles. The molecular formula is C12H14O2S. The van der Waals surface area contributed by atoms with E-state index in [0.29, 0.717) is 6.61 Å². The van der Waals surface area contributed by atoms with E-state index >= 15 is 0 Å². The summed E-state index contributed by atoms with van der Waals surface area (Å²) < 4.78 is 11.0. The van der Waals surface area contributed by atoms with E-state index in [1.54, 1.807) is 17.6 Å². The highest BCUT2D eigenvalue weighted by molar-refractivity contribution is 7.08. The summed E-state index contributed by atoms with van der Waals surface area (Å²) in [6.45, 7) is 4.78. The first-order valence-electron chi connectivity index (χ1n) is 5.05. The summed E-state index contributed by atoms with van der Waals surface area (Å²) in [5, 5.41) is 4.22. The summed E-state index contributed by atoms with van der Waals surface area (Å²) in [6, 6.07) is 4.00. The van der Waals surface area contributed by atoms with Crippen molar-refractivity contribution in [2.75, 3.05) is 6.61 Å². The lowest BCUT2D eigenvalue weighted by Gasteiger charge is -2.09. The number of hydrogen-bond acceptors (Lipinski definition) is 3. The Morgan fingerprint density at radius 2 is 2.33 bits per heavy atom. The molecule has 0 bridgehead atoms. The van der Waals surface area contributed by atoms with Gasteiger partial charge in [0, 0.05) is 12.0 Å². The van der Waals surface area contributed by atoms with Gasteiger partial charge in [-0.2, -0.15) is 11.3 Å². The van der Waals surface area contributed by atoms with Crippen LogP contribution in [0.2, 0.25) is 0 Å². The molecule has 0 spiro atoms. The molecule has 0 aliphatic rings. The van der Waals surface area contributed by atoms with Crippen LogP contribution in [-0.2, 0) is 0 Å². The molecule has 0 amide bonds. The van der Waals surface area contributed by atoms with E-state index in [-0.39, 0.29) is 5.92 Å². The molecule has 0 saturated heterocycles. The SMILES string of the molecule is CCOc1ccoc1C(C)c1ccsc1. The lowest BCUT2D eigenvalue weighted by Crippen LogP contribution is -1.98. The monoisotopic (exact) mass is 222 g/mol. The topological polar surface area (TPSA) is 22.4 Å². The molecule has 0 aliphatic carbocycles. The zero-order valence-corrected chi connectivity index (χ0v) is 9.71. The van der Waals surface area contributed by atoms with E-state index in [1.807, 2.05) is 13.0 Å². The minimum absolute atomic E-state index is 0.257. The summed E-state index contributed by atoms with van der Waals surface area (Å²) in [6.07, 6.45) is 1.68. The van der Waals surface area contributed by atoms with Crippen LogP contribution in [0.15, 0.2) is 33.6 Å². The summed E-state index contributed by atoms with van der Waals surface area (Å²) in [7, 11) is 0. The van der Waals surface area contributed by atoms with Gasteiger partial charge in [0.05, 0.1) is 12.9 Å². The number of ether oxygens (including phenoxy) is 1. The van der Waals surface area contributed by atoms with E-state index in [0.717, 1.165) is 11.5 Å². The van der Waals surface area contributed by atoms with Crippen molar-refractivity contribution in [1.29, 1.82) is 0 Å². The van der Waals surface area contributed by atoms with Crippen molar-refractivity contribution in [3.8, 4) is 5.75 Å². The molecular weight excluding hydrogens is 208 g/mol. The average molecular weight is 222 g/mol. The van der Waals surface area contributed by atoms with Crippen molar-refractivity contribution in [1.82, 2.24) is 0 Å². The largest absolute Gasteiger partial charge is 0.490 e. The van der Waals surface area contributed by atoms with Gasteiger partial charge < -0.3 is 9.15 Å². The molecule has 0 N–H and O–H groups in total. The van der Waals surface area contributed by atoms with Crippen molar-refractivity contribution in [2.24, 2.45) is 0 Å². The standard InChI is InChI=1S/C12H14O2S/c1-3-13-11-4-6-14-12(11)9(2)10-5-7-15-8-10/h4-9H,3H2,1-2H3. The van der Waals surface area contributed by atoms with Gasteiger partial charge in [-0.25, -0.2) is 0 Å². The Hall–Kier alpha value is -1.22. The van der Waals surface area contributed by atoms with E-state index < -0.39 is 0 Å². The number of furan rings is 1. The third kappa shape index (κ3) is 2.07. The molecule has 1 unspecified atom stereocenters. The van der Waals surface area contributed by atoms with Crippen LogP contribution < -0.4 is 4.74 Å². The first-order chi connectivity index (χ1) is 7.33. The summed E-state index contributed by atoms with van der Waals surface area (Å²) >= 11 is 1.70. The molecule has 0 aromatic carbocycles. The normalized spacial score (nSPS) is 12.7. The van der Waals surface area contributed by atoms with Crippen LogP contribution in [0.4, 0.5) is 0 Å². The molecule has 2 rings (SSSR count). The van der Waals surface area contributed by atoms with Crippen LogP contribution in [0.25, 0.3) is 0 Å². The third-order valence-corrected chi connectivity index (χ3v) is 3.10. The maximum absolute atomic E-state index is 5.51. The minimum Gasteiger partial charge on any atom is -0.490 e. The molecule has 2 heterocycles. The fourth-order valence-corrected chi connectivity index (χ4v) is 2.33. The van der Waals surface area contributed by atoms with Gasteiger partial charge in [0.25, 0.3) is 0 Å². The summed E-state index contributed by atoms with van der Waals surface area (Å²) in [4.78, 5) is 0. The number of hydrogen-bond donors (Lipinski definition) is 0. The molecule has 15 heavy (non-hydrogen) atoms. The van der Waals surface area contributed by atoms with Gasteiger partial charge in [0.15, 0.2) is 11.5 Å². The molecule has 0 radical (unpaired) electrons. The van der Waals surface area contributed by atoms with Gasteiger partial charge in [0.1, 0.15) is 0 Å². The van der Waals surface area contributed by atoms with Crippen LogP contribution in [0, 0.1) is 0 Å². The van der Waals surface area contributed by atoms with E-state index in [2.05, 4.69) is 23.8 Å². The zero-order valence-electron chi connectivity index (χ0n) is 8.90. The van der Waals surface area contributed by atoms with Gasteiger partial charge in [-0.15, -0.1) is 0 Å². The molecule has 0 fully saturated rings. The van der Waals surface area contributed by atoms with Crippen LogP contribution in [-0.4, -0.2) is 6.61 Å². The van der Waals surface area contributed by atoms with E-state index in [9.17, 15) is 0 Å². The van der Waals surface area contributed by atoms with Crippen molar-refractivity contribution < 1.29 is 9.15 Å². The predicted octanol–water partition coefficient (Wildman–Crippen LogP) is 3.89. The highest BCUT2D eigenvalue weighted by Gasteiger charge is 2.17. The number of thiophene rings is 1. The third-order valence-electron chi connectivity index (χ3n) is 2.39. The van der Waals surface area contributed by atoms with Crippen LogP contribution >= 0.6 is 11.3 Å². The predicted molar refractivity (Wildman–Crippen MR) is 61.7 cm³/mol. The Morgan fingerprint density at radius 1 is 1.47 bits per heavy atom. The maximum Gasteiger partial charge on any atom is 0.161 e. The Kier molecular flexibility index (Phi) is 3.11. The fourth-order valence-electron chi connectivity index (χ4n) is 1.57. The van der Waals surface area contributed by atoms with Crippen molar-refractivity contribution >= 4 is 11.3 Å². The Balaban J connectivity index is 2.25. The first-order valence-corrected chi connectivity index (χ1v) is 5.99. The molecule has 2 aromatic rings. The molecule has 0 saturated carbocycles. The van der Waals surface area contributed by atoms with Crippen molar-refractivity contribution in [3.05, 3.63) is 40.5 Å². The highest BCUT2D eigenvalue weighted by Crippen LogP contribution is 2.33. The van der Waals surface area contributed by atoms with Crippen molar-refractivity contribution in [2.45, 2.75) is 19.8 Å². The summed E-state index contributed by atoms with van der Waals surface area (Å²) in [5.74, 6) is 2.03. The molecule has 80 valence electrons. The fraction of sp³-hybridized carbons (Fsp3) is 0.333. The van der Waals surface area contributed by atoms with Crippen LogP contribution in [0.5, 0.6) is 5.75 Å². The molecule has 2 nitrogen and oxygen atoms in total. The molecule has 1 atom stereocenters. The van der Waals surface area contributed by atoms with E-state index in [1.165, 1.54) is 5.56 Å². The van der Waals surface area contributed by atoms with Crippen LogP contribution in [0.3, 0.4) is 0 Å². The minimum atomic E-state index is 0.257. The number of rotatable bonds is 4. The maximum atomic E-state index is 5.51. The Morgan fingerprint density at radius 3 is 3.00 bits per heavy atom. The van der Waals surface area contributed by atoms with Crippen LogP contribution in [0.1, 0.15) is 31.1 Å². The van der Waals surface area contributed by atoms with Gasteiger partial charge >= 0.3 is 0 Å². The zero-order chi connectivity index (χ0) is 10.7. The Bertz CT molecular complexity index is 403. The lowest BCUT2D eigenvalue weighted by molar-refractivity contribution is 0.325. The quantitative estimate of drug-likeness (QED) is 0.783. The second-order valence-electron chi connectivity index (χ2n) is 3.36. The molecule has 2 aromatic heterocycles. The molecule has 3 heteroatoms. The summed E-state index contributed by atoms with van der Waals surface area (Å²) in [5.41, 5.74) is 1.27. The highest BCUT2D eigenvalue weighted by atomic mass is 32.1. The Labute approximate surface area is 93.5 Å². The first kappa shape index (κ1) is 10.3. The van der Waals surface area contributed by atoms with Gasteiger partial charge in [0.2, 0.25) is 0 Å². The smallest absolute Gasteiger partial charge is 0.161 e. The van der Waals surface area contributed by atoms with E-state index in [4.69, 9.17) is 9.15 Å². The lowest BCUT2D eigenvalue weighted by atomic mass is 10.0. The van der Waals surface area contributed by atoms with Gasteiger partial charge in [-0.3, -0.25) is 0 Å². The van der Waals surface area contributed by atoms with Crippen molar-refractivity contribution in [3.63, 3.8) is 0 Å². The van der Waals surface area contributed by atoms with Gasteiger partial charge in [-0.1, -0.05) is 6.92 Å². The second-order valence-corrected chi connectivity index (χ2v) is 4.14. The van der Waals surface area contributed by atoms with Gasteiger partial charge in [-0.05, 0) is 29.3 Å². The second kappa shape index (κ2) is 4.53. The average Bonchev–Trinajstić information content (AvgIpc) is 2.87.